The Bertz CT molecular complexity index is 728. The number of carbonyl (C=O) groups excluding carboxylic acids is 2. The van der Waals surface area contributed by atoms with Crippen molar-refractivity contribution in [1.29, 1.82) is 0 Å². The minimum atomic E-state index is -0.195. The van der Waals surface area contributed by atoms with Crippen molar-refractivity contribution in [2.45, 2.75) is 20.8 Å². The van der Waals surface area contributed by atoms with Crippen LogP contribution in [0.2, 0.25) is 0 Å². The molecular weight excluding hydrogens is 304 g/mol. The summed E-state index contributed by atoms with van der Waals surface area (Å²) in [6.45, 7) is 6.14. The number of carbonyl (C=O) groups is 2. The zero-order valence-corrected chi connectivity index (χ0v) is 14.1. The first kappa shape index (κ1) is 17.5. The van der Waals surface area contributed by atoms with E-state index in [2.05, 4.69) is 20.9 Å². The number of aromatic nitrogens is 1. The molecule has 2 aromatic rings. The standard InChI is InChI=1S/C18H22N4O2/c1-12(2)11-20-18(24)17-10-16(7-8-19-17)22-15-6-4-5-14(9-15)21-13(3)23/h4-10,12H,11H2,1-3H3,(H,19,22)(H,20,24)(H,21,23). The molecule has 0 unspecified atom stereocenters. The first-order valence-corrected chi connectivity index (χ1v) is 7.83. The zero-order valence-electron chi connectivity index (χ0n) is 14.1. The van der Waals surface area contributed by atoms with Crippen molar-refractivity contribution in [2.24, 2.45) is 5.92 Å². The first-order chi connectivity index (χ1) is 11.4. The van der Waals surface area contributed by atoms with Gasteiger partial charge in [0.2, 0.25) is 5.91 Å². The topological polar surface area (TPSA) is 83.1 Å². The summed E-state index contributed by atoms with van der Waals surface area (Å²) < 4.78 is 0. The molecule has 0 saturated carbocycles. The Balaban J connectivity index is 2.09. The van der Waals surface area contributed by atoms with Gasteiger partial charge in [0, 0.05) is 36.7 Å². The molecule has 2 rings (SSSR count). The summed E-state index contributed by atoms with van der Waals surface area (Å²) in [6, 6.07) is 10.8. The van der Waals surface area contributed by atoms with Crippen molar-refractivity contribution in [3.05, 3.63) is 48.3 Å². The number of benzene rings is 1. The minimum absolute atomic E-state index is 0.125. The van der Waals surface area contributed by atoms with Crippen LogP contribution >= 0.6 is 0 Å². The highest BCUT2D eigenvalue weighted by Crippen LogP contribution is 2.20. The van der Waals surface area contributed by atoms with Gasteiger partial charge in [-0.05, 0) is 36.2 Å². The minimum Gasteiger partial charge on any atom is -0.355 e. The Morgan fingerprint density at radius 1 is 1.08 bits per heavy atom. The number of rotatable bonds is 6. The molecule has 0 bridgehead atoms. The molecule has 24 heavy (non-hydrogen) atoms. The molecule has 2 amide bonds. The molecule has 0 spiro atoms. The second-order valence-electron chi connectivity index (χ2n) is 5.92. The molecule has 6 heteroatoms. The highest BCUT2D eigenvalue weighted by molar-refractivity contribution is 5.93. The fourth-order valence-electron chi connectivity index (χ4n) is 2.06. The molecular formula is C18H22N4O2. The van der Waals surface area contributed by atoms with Gasteiger partial charge in [-0.1, -0.05) is 19.9 Å². The second kappa shape index (κ2) is 8.10. The Kier molecular flexibility index (Phi) is 5.89. The number of hydrogen-bond donors (Lipinski definition) is 3. The summed E-state index contributed by atoms with van der Waals surface area (Å²) in [4.78, 5) is 27.3. The fourth-order valence-corrected chi connectivity index (χ4v) is 2.06. The molecule has 0 radical (unpaired) electrons. The van der Waals surface area contributed by atoms with Crippen molar-refractivity contribution in [2.75, 3.05) is 17.2 Å². The molecule has 1 heterocycles. The normalized spacial score (nSPS) is 10.3. The van der Waals surface area contributed by atoms with Crippen LogP contribution in [0.3, 0.4) is 0 Å². The van der Waals surface area contributed by atoms with Gasteiger partial charge in [-0.2, -0.15) is 0 Å². The van der Waals surface area contributed by atoms with Crippen molar-refractivity contribution >= 4 is 28.9 Å². The maximum absolute atomic E-state index is 12.1. The number of pyridine rings is 1. The van der Waals surface area contributed by atoms with Gasteiger partial charge in [-0.3, -0.25) is 14.6 Å². The van der Waals surface area contributed by atoms with E-state index in [-0.39, 0.29) is 11.8 Å². The fraction of sp³-hybridized carbons (Fsp3) is 0.278. The Labute approximate surface area is 141 Å². The van der Waals surface area contributed by atoms with E-state index in [4.69, 9.17) is 0 Å². The van der Waals surface area contributed by atoms with Gasteiger partial charge >= 0.3 is 0 Å². The Hall–Kier alpha value is -2.89. The van der Waals surface area contributed by atoms with E-state index in [0.717, 1.165) is 11.4 Å². The third-order valence-corrected chi connectivity index (χ3v) is 3.14. The van der Waals surface area contributed by atoms with Crippen molar-refractivity contribution in [3.8, 4) is 0 Å². The summed E-state index contributed by atoms with van der Waals surface area (Å²) in [5.74, 6) is 0.0614. The van der Waals surface area contributed by atoms with Gasteiger partial charge in [-0.25, -0.2) is 0 Å². The highest BCUT2D eigenvalue weighted by Gasteiger charge is 2.08. The van der Waals surface area contributed by atoms with Crippen LogP contribution in [0.4, 0.5) is 17.1 Å². The van der Waals surface area contributed by atoms with E-state index in [1.165, 1.54) is 6.92 Å². The summed E-state index contributed by atoms with van der Waals surface area (Å²) in [5, 5.41) is 8.78. The van der Waals surface area contributed by atoms with Crippen molar-refractivity contribution < 1.29 is 9.59 Å². The van der Waals surface area contributed by atoms with E-state index >= 15 is 0 Å². The maximum Gasteiger partial charge on any atom is 0.269 e. The average molecular weight is 326 g/mol. The number of hydrogen-bond acceptors (Lipinski definition) is 4. The lowest BCUT2D eigenvalue weighted by molar-refractivity contribution is -0.114. The summed E-state index contributed by atoms with van der Waals surface area (Å²) in [7, 11) is 0. The van der Waals surface area contributed by atoms with Crippen LogP contribution in [0.1, 0.15) is 31.3 Å². The molecule has 0 aliphatic carbocycles. The van der Waals surface area contributed by atoms with Crippen LogP contribution in [0.5, 0.6) is 0 Å². The first-order valence-electron chi connectivity index (χ1n) is 7.83. The van der Waals surface area contributed by atoms with E-state index < -0.39 is 0 Å². The van der Waals surface area contributed by atoms with Gasteiger partial charge in [0.15, 0.2) is 0 Å². The third-order valence-electron chi connectivity index (χ3n) is 3.14. The zero-order chi connectivity index (χ0) is 17.5. The van der Waals surface area contributed by atoms with Gasteiger partial charge in [0.05, 0.1) is 0 Å². The Morgan fingerprint density at radius 3 is 2.50 bits per heavy atom. The van der Waals surface area contributed by atoms with Crippen LogP contribution in [-0.4, -0.2) is 23.3 Å². The lowest BCUT2D eigenvalue weighted by atomic mass is 10.2. The number of nitrogens with zero attached hydrogens (tertiary/aromatic N) is 1. The monoisotopic (exact) mass is 326 g/mol. The smallest absolute Gasteiger partial charge is 0.269 e. The molecule has 126 valence electrons. The highest BCUT2D eigenvalue weighted by atomic mass is 16.2. The van der Waals surface area contributed by atoms with Gasteiger partial charge in [0.25, 0.3) is 5.91 Å². The molecule has 0 fully saturated rings. The molecule has 0 aliphatic rings. The van der Waals surface area contributed by atoms with Crippen LogP contribution < -0.4 is 16.0 Å². The summed E-state index contributed by atoms with van der Waals surface area (Å²) in [6.07, 6.45) is 1.59. The Morgan fingerprint density at radius 2 is 1.79 bits per heavy atom. The molecule has 1 aromatic carbocycles. The average Bonchev–Trinajstić information content (AvgIpc) is 2.52. The second-order valence-corrected chi connectivity index (χ2v) is 5.92. The van der Waals surface area contributed by atoms with Gasteiger partial charge in [0.1, 0.15) is 5.69 Å². The molecule has 0 aliphatic heterocycles. The summed E-state index contributed by atoms with van der Waals surface area (Å²) in [5.41, 5.74) is 2.62. The molecule has 3 N–H and O–H groups in total. The van der Waals surface area contributed by atoms with Gasteiger partial charge in [-0.15, -0.1) is 0 Å². The maximum atomic E-state index is 12.1. The quantitative estimate of drug-likeness (QED) is 0.761. The van der Waals surface area contributed by atoms with E-state index in [1.54, 1.807) is 18.3 Å². The van der Waals surface area contributed by atoms with E-state index in [9.17, 15) is 9.59 Å². The molecule has 0 atom stereocenters. The lowest BCUT2D eigenvalue weighted by Gasteiger charge is -2.10. The van der Waals surface area contributed by atoms with Crippen LogP contribution in [0, 0.1) is 5.92 Å². The number of amides is 2. The molecule has 6 nitrogen and oxygen atoms in total. The van der Waals surface area contributed by atoms with Gasteiger partial charge < -0.3 is 16.0 Å². The third kappa shape index (κ3) is 5.39. The largest absolute Gasteiger partial charge is 0.355 e. The number of anilines is 3. The molecule has 1 aromatic heterocycles. The van der Waals surface area contributed by atoms with E-state index in [0.29, 0.717) is 23.8 Å². The predicted octanol–water partition coefficient (Wildman–Crippen LogP) is 3.17. The van der Waals surface area contributed by atoms with E-state index in [1.807, 2.05) is 38.1 Å². The van der Waals surface area contributed by atoms with Crippen LogP contribution in [0.15, 0.2) is 42.6 Å². The number of nitrogens with one attached hydrogen (secondary N) is 3. The predicted molar refractivity (Wildman–Crippen MR) is 95.4 cm³/mol. The summed E-state index contributed by atoms with van der Waals surface area (Å²) >= 11 is 0. The molecule has 0 saturated heterocycles. The van der Waals surface area contributed by atoms with Crippen LogP contribution in [-0.2, 0) is 4.79 Å². The SMILES string of the molecule is CC(=O)Nc1cccc(Nc2ccnc(C(=O)NCC(C)C)c2)c1. The van der Waals surface area contributed by atoms with Crippen LogP contribution in [0.25, 0.3) is 0 Å². The van der Waals surface area contributed by atoms with Crippen molar-refractivity contribution in [1.82, 2.24) is 10.3 Å². The van der Waals surface area contributed by atoms with Crippen molar-refractivity contribution in [3.63, 3.8) is 0 Å². The lowest BCUT2D eigenvalue weighted by Crippen LogP contribution is -2.28.